The molecule has 0 aliphatic carbocycles. The van der Waals surface area contributed by atoms with Gasteiger partial charge in [-0.3, -0.25) is 9.69 Å². The molecule has 3 saturated heterocycles. The number of hydrogen-bond donors (Lipinski definition) is 1. The second kappa shape index (κ2) is 6.61. The molecule has 24 heavy (non-hydrogen) atoms. The van der Waals surface area contributed by atoms with Crippen molar-refractivity contribution in [1.29, 1.82) is 0 Å². The van der Waals surface area contributed by atoms with Gasteiger partial charge < -0.3 is 9.73 Å². The molecule has 3 fully saturated rings. The molecule has 2 bridgehead atoms. The molecular formula is C18H21N3O2S. The van der Waals surface area contributed by atoms with Crippen molar-refractivity contribution in [2.75, 3.05) is 13.1 Å². The molecule has 1 aromatic carbocycles. The van der Waals surface area contributed by atoms with Gasteiger partial charge in [0, 0.05) is 22.5 Å². The average Bonchev–Trinajstić information content (AvgIpc) is 3.12. The smallest absolute Gasteiger partial charge is 0.260 e. The van der Waals surface area contributed by atoms with Crippen LogP contribution in [0.1, 0.15) is 30.1 Å². The van der Waals surface area contributed by atoms with Gasteiger partial charge in [-0.1, -0.05) is 0 Å². The quantitative estimate of drug-likeness (QED) is 0.925. The summed E-state index contributed by atoms with van der Waals surface area (Å²) in [6.07, 6.45) is 5.57. The third kappa shape index (κ3) is 3.08. The van der Waals surface area contributed by atoms with Crippen LogP contribution in [0.5, 0.6) is 0 Å². The molecule has 6 heteroatoms. The predicted molar refractivity (Wildman–Crippen MR) is 92.1 cm³/mol. The highest BCUT2D eigenvalue weighted by Gasteiger charge is 2.40. The minimum Gasteiger partial charge on any atom is -0.440 e. The first-order valence-electron chi connectivity index (χ1n) is 8.43. The number of piperidine rings is 3. The second-order valence-corrected chi connectivity index (χ2v) is 7.56. The van der Waals surface area contributed by atoms with Crippen LogP contribution in [0, 0.1) is 5.92 Å². The van der Waals surface area contributed by atoms with Crippen molar-refractivity contribution in [1.82, 2.24) is 15.2 Å². The number of fused-ring (bicyclic) bond motifs is 3. The van der Waals surface area contributed by atoms with E-state index < -0.39 is 0 Å². The number of nitrogens with zero attached hydrogens (tertiary/aromatic N) is 2. The third-order valence-electron chi connectivity index (χ3n) is 5.21. The van der Waals surface area contributed by atoms with Gasteiger partial charge in [-0.2, -0.15) is 0 Å². The molecule has 0 saturated carbocycles. The number of amides is 1. The van der Waals surface area contributed by atoms with E-state index in [0.717, 1.165) is 4.90 Å². The van der Waals surface area contributed by atoms with Gasteiger partial charge in [-0.15, -0.1) is 0 Å². The van der Waals surface area contributed by atoms with Gasteiger partial charge in [0.25, 0.3) is 11.1 Å². The standard InChI is InChI=1S/C18H21N3O2S/c1-12-16(13-6-9-21(12)10-7-13)20-17(22)14-2-4-15(5-3-14)24-18-19-8-11-23-18/h2-5,8,11-13,16H,6-7,9-10H2,1H3,(H,20,22). The number of carbonyl (C=O) groups is 1. The summed E-state index contributed by atoms with van der Waals surface area (Å²) < 4.78 is 5.22. The molecule has 4 heterocycles. The van der Waals surface area contributed by atoms with E-state index in [0.29, 0.717) is 22.7 Å². The largest absolute Gasteiger partial charge is 0.440 e. The number of nitrogens with one attached hydrogen (secondary N) is 1. The normalized spacial score (nSPS) is 28.7. The Hall–Kier alpha value is -1.79. The Labute approximate surface area is 145 Å². The van der Waals surface area contributed by atoms with Gasteiger partial charge in [0.15, 0.2) is 0 Å². The van der Waals surface area contributed by atoms with Crippen LogP contribution in [0.3, 0.4) is 0 Å². The predicted octanol–water partition coefficient (Wildman–Crippen LogP) is 3.04. The number of rotatable bonds is 4. The van der Waals surface area contributed by atoms with Crippen LogP contribution in [-0.2, 0) is 0 Å². The summed E-state index contributed by atoms with van der Waals surface area (Å²) in [6.45, 7) is 4.57. The zero-order valence-corrected chi connectivity index (χ0v) is 14.5. The molecule has 126 valence electrons. The van der Waals surface area contributed by atoms with E-state index in [9.17, 15) is 4.79 Å². The first-order chi connectivity index (χ1) is 11.7. The van der Waals surface area contributed by atoms with Crippen LogP contribution < -0.4 is 5.32 Å². The fourth-order valence-electron chi connectivity index (χ4n) is 3.82. The first-order valence-corrected chi connectivity index (χ1v) is 9.25. The Morgan fingerprint density at radius 3 is 2.67 bits per heavy atom. The molecule has 1 aromatic heterocycles. The summed E-state index contributed by atoms with van der Waals surface area (Å²) in [6, 6.07) is 8.30. The van der Waals surface area contributed by atoms with Crippen molar-refractivity contribution in [3.63, 3.8) is 0 Å². The van der Waals surface area contributed by atoms with E-state index >= 15 is 0 Å². The molecule has 3 aliphatic heterocycles. The van der Waals surface area contributed by atoms with Gasteiger partial charge in [0.2, 0.25) is 0 Å². The lowest BCUT2D eigenvalue weighted by atomic mass is 9.79. The third-order valence-corrected chi connectivity index (χ3v) is 6.09. The SMILES string of the molecule is CC1C(NC(=O)c2ccc(Sc3ncco3)cc2)C2CCN1CC2. The first kappa shape index (κ1) is 15.7. The van der Waals surface area contributed by atoms with E-state index in [-0.39, 0.29) is 11.9 Å². The summed E-state index contributed by atoms with van der Waals surface area (Å²) in [5, 5.41) is 3.87. The van der Waals surface area contributed by atoms with Gasteiger partial charge >= 0.3 is 0 Å². The van der Waals surface area contributed by atoms with E-state index in [1.165, 1.54) is 37.7 Å². The zero-order chi connectivity index (χ0) is 16.5. The van der Waals surface area contributed by atoms with Crippen molar-refractivity contribution in [2.45, 2.75) is 42.0 Å². The molecule has 5 nitrogen and oxygen atoms in total. The van der Waals surface area contributed by atoms with Crippen LogP contribution in [0.25, 0.3) is 0 Å². The number of hydrogen-bond acceptors (Lipinski definition) is 5. The van der Waals surface area contributed by atoms with Crippen LogP contribution in [0.2, 0.25) is 0 Å². The topological polar surface area (TPSA) is 58.4 Å². The summed E-state index contributed by atoms with van der Waals surface area (Å²) in [5.41, 5.74) is 0.704. The summed E-state index contributed by atoms with van der Waals surface area (Å²) in [5.74, 6) is 0.641. The molecule has 5 rings (SSSR count). The van der Waals surface area contributed by atoms with Crippen molar-refractivity contribution in [2.24, 2.45) is 5.92 Å². The molecule has 2 atom stereocenters. The maximum Gasteiger partial charge on any atom is 0.260 e. The van der Waals surface area contributed by atoms with E-state index in [2.05, 4.69) is 22.1 Å². The monoisotopic (exact) mass is 343 g/mol. The average molecular weight is 343 g/mol. The number of aromatic nitrogens is 1. The van der Waals surface area contributed by atoms with Crippen molar-refractivity contribution < 1.29 is 9.21 Å². The zero-order valence-electron chi connectivity index (χ0n) is 13.6. The van der Waals surface area contributed by atoms with E-state index in [4.69, 9.17) is 4.42 Å². The molecule has 0 spiro atoms. The van der Waals surface area contributed by atoms with Crippen molar-refractivity contribution in [3.05, 3.63) is 42.3 Å². The minimum absolute atomic E-state index is 0.0215. The van der Waals surface area contributed by atoms with Gasteiger partial charge in [0.05, 0.1) is 6.20 Å². The minimum atomic E-state index is 0.0215. The lowest BCUT2D eigenvalue weighted by Gasteiger charge is -2.49. The maximum absolute atomic E-state index is 12.6. The maximum atomic E-state index is 12.6. The Balaban J connectivity index is 1.41. The summed E-state index contributed by atoms with van der Waals surface area (Å²) >= 11 is 1.44. The lowest BCUT2D eigenvalue weighted by Crippen LogP contribution is -2.62. The highest BCUT2D eigenvalue weighted by Crippen LogP contribution is 2.32. The van der Waals surface area contributed by atoms with Crippen LogP contribution >= 0.6 is 11.8 Å². The molecule has 2 unspecified atom stereocenters. The fraction of sp³-hybridized carbons (Fsp3) is 0.444. The highest BCUT2D eigenvalue weighted by atomic mass is 32.2. The van der Waals surface area contributed by atoms with Crippen LogP contribution in [-0.4, -0.2) is 41.0 Å². The number of benzene rings is 1. The molecule has 3 aliphatic rings. The lowest BCUT2D eigenvalue weighted by molar-refractivity contribution is 0.0217. The van der Waals surface area contributed by atoms with Crippen molar-refractivity contribution in [3.8, 4) is 0 Å². The Kier molecular flexibility index (Phi) is 4.33. The molecule has 1 amide bonds. The summed E-state index contributed by atoms with van der Waals surface area (Å²) in [4.78, 5) is 20.2. The fourth-order valence-corrected chi connectivity index (χ4v) is 4.51. The Morgan fingerprint density at radius 1 is 1.29 bits per heavy atom. The molecular weight excluding hydrogens is 322 g/mol. The van der Waals surface area contributed by atoms with Gasteiger partial charge in [0.1, 0.15) is 6.26 Å². The van der Waals surface area contributed by atoms with E-state index in [1.807, 2.05) is 24.3 Å². The summed E-state index contributed by atoms with van der Waals surface area (Å²) in [7, 11) is 0. The van der Waals surface area contributed by atoms with E-state index in [1.54, 1.807) is 12.5 Å². The Morgan fingerprint density at radius 2 is 2.04 bits per heavy atom. The Bertz CT molecular complexity index is 692. The van der Waals surface area contributed by atoms with Crippen molar-refractivity contribution >= 4 is 17.7 Å². The second-order valence-electron chi connectivity index (χ2n) is 6.54. The van der Waals surface area contributed by atoms with Gasteiger partial charge in [-0.25, -0.2) is 4.98 Å². The number of oxazole rings is 1. The molecule has 2 aromatic rings. The molecule has 0 radical (unpaired) electrons. The highest BCUT2D eigenvalue weighted by molar-refractivity contribution is 7.99. The molecule has 1 N–H and O–H groups in total. The van der Waals surface area contributed by atoms with Crippen LogP contribution in [0.4, 0.5) is 0 Å². The number of carbonyl (C=O) groups excluding carboxylic acids is 1. The van der Waals surface area contributed by atoms with Crippen LogP contribution in [0.15, 0.2) is 51.3 Å². The van der Waals surface area contributed by atoms with Gasteiger partial charge in [-0.05, 0) is 74.8 Å².